The summed E-state index contributed by atoms with van der Waals surface area (Å²) >= 11 is 0. The van der Waals surface area contributed by atoms with Gasteiger partial charge in [-0.3, -0.25) is 4.79 Å². The molecule has 5 nitrogen and oxygen atoms in total. The van der Waals surface area contributed by atoms with E-state index in [0.29, 0.717) is 23.5 Å². The fourth-order valence-corrected chi connectivity index (χ4v) is 2.36. The summed E-state index contributed by atoms with van der Waals surface area (Å²) in [5, 5.41) is 2.81. The predicted molar refractivity (Wildman–Crippen MR) is 80.6 cm³/mol. The van der Waals surface area contributed by atoms with Crippen molar-refractivity contribution in [3.8, 4) is 11.5 Å². The minimum absolute atomic E-state index is 0.213. The first-order chi connectivity index (χ1) is 10.2. The third-order valence-electron chi connectivity index (χ3n) is 3.42. The summed E-state index contributed by atoms with van der Waals surface area (Å²) in [6.45, 7) is 0. The Morgan fingerprint density at radius 2 is 2.14 bits per heavy atom. The van der Waals surface area contributed by atoms with E-state index in [4.69, 9.17) is 15.2 Å². The maximum absolute atomic E-state index is 12.3. The van der Waals surface area contributed by atoms with Crippen LogP contribution >= 0.6 is 0 Å². The standard InChI is InChI=1S/C16H16N2O3/c1-20-14-7-6-11(17)9-12(14)18-16(19)15-8-10-4-2-3-5-13(10)21-15/h2-7,9,15H,8,17H2,1H3,(H,18,19). The molecule has 1 unspecified atom stereocenters. The zero-order valence-corrected chi connectivity index (χ0v) is 11.6. The third-order valence-corrected chi connectivity index (χ3v) is 3.42. The molecule has 0 aromatic heterocycles. The number of carbonyl (C=O) groups is 1. The minimum atomic E-state index is -0.534. The Bertz CT molecular complexity index is 660. The van der Waals surface area contributed by atoms with Gasteiger partial charge in [0, 0.05) is 12.1 Å². The van der Waals surface area contributed by atoms with Crippen molar-refractivity contribution in [1.29, 1.82) is 0 Å². The highest BCUT2D eigenvalue weighted by molar-refractivity contribution is 5.96. The Morgan fingerprint density at radius 3 is 2.90 bits per heavy atom. The lowest BCUT2D eigenvalue weighted by Gasteiger charge is -2.14. The first kappa shape index (κ1) is 13.3. The second-order valence-corrected chi connectivity index (χ2v) is 4.87. The number of hydrogen-bond acceptors (Lipinski definition) is 4. The molecule has 1 heterocycles. The fourth-order valence-electron chi connectivity index (χ4n) is 2.36. The van der Waals surface area contributed by atoms with Gasteiger partial charge in [-0.25, -0.2) is 0 Å². The molecule has 1 atom stereocenters. The summed E-state index contributed by atoms with van der Waals surface area (Å²) in [4.78, 5) is 12.3. The first-order valence-electron chi connectivity index (χ1n) is 6.66. The minimum Gasteiger partial charge on any atom is -0.495 e. The van der Waals surface area contributed by atoms with Crippen LogP contribution in [-0.4, -0.2) is 19.1 Å². The molecule has 21 heavy (non-hydrogen) atoms. The van der Waals surface area contributed by atoms with Gasteiger partial charge >= 0.3 is 0 Å². The zero-order chi connectivity index (χ0) is 14.8. The molecular weight excluding hydrogens is 268 g/mol. The largest absolute Gasteiger partial charge is 0.495 e. The summed E-state index contributed by atoms with van der Waals surface area (Å²) in [5.41, 5.74) is 7.88. The van der Waals surface area contributed by atoms with Crippen molar-refractivity contribution in [1.82, 2.24) is 0 Å². The van der Waals surface area contributed by atoms with Crippen LogP contribution in [0.1, 0.15) is 5.56 Å². The van der Waals surface area contributed by atoms with Gasteiger partial charge in [0.1, 0.15) is 11.5 Å². The van der Waals surface area contributed by atoms with Crippen LogP contribution in [0.3, 0.4) is 0 Å². The van der Waals surface area contributed by atoms with Crippen LogP contribution < -0.4 is 20.5 Å². The maximum atomic E-state index is 12.3. The van der Waals surface area contributed by atoms with Gasteiger partial charge in [0.2, 0.25) is 0 Å². The fraction of sp³-hybridized carbons (Fsp3) is 0.188. The number of rotatable bonds is 3. The van der Waals surface area contributed by atoms with Crippen LogP contribution in [-0.2, 0) is 11.2 Å². The lowest BCUT2D eigenvalue weighted by atomic mass is 10.1. The Hall–Kier alpha value is -2.69. The van der Waals surface area contributed by atoms with E-state index in [0.717, 1.165) is 11.3 Å². The SMILES string of the molecule is COc1ccc(N)cc1NC(=O)C1Cc2ccccc2O1. The van der Waals surface area contributed by atoms with Gasteiger partial charge in [-0.1, -0.05) is 18.2 Å². The van der Waals surface area contributed by atoms with Crippen molar-refractivity contribution in [3.05, 3.63) is 48.0 Å². The number of para-hydroxylation sites is 1. The lowest BCUT2D eigenvalue weighted by Crippen LogP contribution is -2.31. The van der Waals surface area contributed by atoms with E-state index < -0.39 is 6.10 Å². The molecule has 0 bridgehead atoms. The van der Waals surface area contributed by atoms with E-state index in [1.165, 1.54) is 0 Å². The van der Waals surface area contributed by atoms with Crippen molar-refractivity contribution in [2.45, 2.75) is 12.5 Å². The topological polar surface area (TPSA) is 73.6 Å². The molecule has 0 saturated carbocycles. The summed E-state index contributed by atoms with van der Waals surface area (Å²) < 4.78 is 10.9. The molecule has 0 fully saturated rings. The van der Waals surface area contributed by atoms with Crippen molar-refractivity contribution in [2.24, 2.45) is 0 Å². The van der Waals surface area contributed by atoms with Gasteiger partial charge < -0.3 is 20.5 Å². The van der Waals surface area contributed by atoms with Crippen LogP contribution in [0.4, 0.5) is 11.4 Å². The van der Waals surface area contributed by atoms with E-state index in [1.54, 1.807) is 25.3 Å². The quantitative estimate of drug-likeness (QED) is 0.848. The van der Waals surface area contributed by atoms with E-state index in [9.17, 15) is 4.79 Å². The number of nitrogen functional groups attached to an aromatic ring is 1. The number of nitrogens with one attached hydrogen (secondary N) is 1. The second kappa shape index (κ2) is 5.36. The van der Waals surface area contributed by atoms with Crippen LogP contribution in [0.2, 0.25) is 0 Å². The van der Waals surface area contributed by atoms with E-state index >= 15 is 0 Å². The zero-order valence-electron chi connectivity index (χ0n) is 11.6. The molecule has 0 spiro atoms. The van der Waals surface area contributed by atoms with Crippen molar-refractivity contribution in [3.63, 3.8) is 0 Å². The summed E-state index contributed by atoms with van der Waals surface area (Å²) in [6, 6.07) is 12.8. The molecule has 1 amide bonds. The highest BCUT2D eigenvalue weighted by Gasteiger charge is 2.29. The number of benzene rings is 2. The van der Waals surface area contributed by atoms with E-state index in [1.807, 2.05) is 24.3 Å². The molecule has 0 radical (unpaired) electrons. The Kier molecular flexibility index (Phi) is 3.39. The predicted octanol–water partition coefficient (Wildman–Crippen LogP) is 2.22. The smallest absolute Gasteiger partial charge is 0.265 e. The number of fused-ring (bicyclic) bond motifs is 1. The van der Waals surface area contributed by atoms with E-state index in [2.05, 4.69) is 5.32 Å². The first-order valence-corrected chi connectivity index (χ1v) is 6.66. The van der Waals surface area contributed by atoms with Crippen LogP contribution in [0.25, 0.3) is 0 Å². The number of nitrogens with two attached hydrogens (primary N) is 1. The van der Waals surface area contributed by atoms with Crippen LogP contribution in [0, 0.1) is 0 Å². The molecule has 3 rings (SSSR count). The number of carbonyl (C=O) groups excluding carboxylic acids is 1. The number of hydrogen-bond donors (Lipinski definition) is 2. The van der Waals surface area contributed by atoms with Gasteiger partial charge in [0.25, 0.3) is 5.91 Å². The summed E-state index contributed by atoms with van der Waals surface area (Å²) in [7, 11) is 1.54. The molecule has 3 N–H and O–H groups in total. The second-order valence-electron chi connectivity index (χ2n) is 4.87. The Labute approximate surface area is 122 Å². The normalized spacial score (nSPS) is 16.0. The monoisotopic (exact) mass is 284 g/mol. The number of amides is 1. The average Bonchev–Trinajstić information content (AvgIpc) is 2.91. The molecule has 5 heteroatoms. The highest BCUT2D eigenvalue weighted by atomic mass is 16.5. The van der Waals surface area contributed by atoms with E-state index in [-0.39, 0.29) is 5.91 Å². The highest BCUT2D eigenvalue weighted by Crippen LogP contribution is 2.30. The van der Waals surface area contributed by atoms with Gasteiger partial charge in [0.15, 0.2) is 6.10 Å². The van der Waals surface area contributed by atoms with Crippen LogP contribution in [0.15, 0.2) is 42.5 Å². The molecule has 2 aromatic rings. The van der Waals surface area contributed by atoms with Crippen molar-refractivity contribution < 1.29 is 14.3 Å². The van der Waals surface area contributed by atoms with Gasteiger partial charge in [-0.2, -0.15) is 0 Å². The summed E-state index contributed by atoms with van der Waals surface area (Å²) in [5.74, 6) is 1.11. The molecule has 0 saturated heterocycles. The van der Waals surface area contributed by atoms with Gasteiger partial charge in [-0.05, 0) is 29.8 Å². The lowest BCUT2D eigenvalue weighted by molar-refractivity contribution is -0.122. The van der Waals surface area contributed by atoms with Gasteiger partial charge in [-0.15, -0.1) is 0 Å². The molecule has 0 aliphatic carbocycles. The van der Waals surface area contributed by atoms with Gasteiger partial charge in [0.05, 0.1) is 12.8 Å². The van der Waals surface area contributed by atoms with Crippen molar-refractivity contribution >= 4 is 17.3 Å². The molecular formula is C16H16N2O3. The molecule has 2 aromatic carbocycles. The number of ether oxygens (including phenoxy) is 2. The van der Waals surface area contributed by atoms with Crippen LogP contribution in [0.5, 0.6) is 11.5 Å². The number of anilines is 2. The Morgan fingerprint density at radius 1 is 1.33 bits per heavy atom. The molecule has 1 aliphatic rings. The maximum Gasteiger partial charge on any atom is 0.265 e. The molecule has 108 valence electrons. The average molecular weight is 284 g/mol. The summed E-state index contributed by atoms with van der Waals surface area (Å²) in [6.07, 6.45) is 0.0284. The third kappa shape index (κ3) is 2.63. The Balaban J connectivity index is 1.75. The van der Waals surface area contributed by atoms with Crippen molar-refractivity contribution in [2.75, 3.05) is 18.2 Å². The number of methoxy groups -OCH3 is 1. The molecule has 1 aliphatic heterocycles.